The second-order valence-electron chi connectivity index (χ2n) is 5.85. The molecule has 1 aliphatic rings. The van der Waals surface area contributed by atoms with Crippen LogP contribution >= 0.6 is 11.6 Å². The minimum absolute atomic E-state index is 0.330. The molecule has 3 rings (SSSR count). The fourth-order valence-electron chi connectivity index (χ4n) is 2.82. The highest BCUT2D eigenvalue weighted by Crippen LogP contribution is 2.42. The Kier molecular flexibility index (Phi) is 4.32. The molecule has 0 unspecified atom stereocenters. The number of halogens is 1. The zero-order valence-corrected chi connectivity index (χ0v) is 14.7. The van der Waals surface area contributed by atoms with Gasteiger partial charge in [0, 0.05) is 22.7 Å². The summed E-state index contributed by atoms with van der Waals surface area (Å²) in [6.07, 6.45) is 2.94. The topological polar surface area (TPSA) is 37.4 Å². The van der Waals surface area contributed by atoms with Crippen molar-refractivity contribution >= 4 is 27.0 Å². The molecule has 1 aliphatic heterocycles. The van der Waals surface area contributed by atoms with E-state index < -0.39 is 9.84 Å². The average Bonchev–Trinajstić information content (AvgIpc) is 2.50. The van der Waals surface area contributed by atoms with E-state index >= 15 is 0 Å². The summed E-state index contributed by atoms with van der Waals surface area (Å²) in [5.74, 6) is 0. The Labute approximate surface area is 142 Å². The van der Waals surface area contributed by atoms with Crippen LogP contribution in [0.25, 0.3) is 5.57 Å². The van der Waals surface area contributed by atoms with E-state index in [4.69, 9.17) is 11.6 Å². The first-order valence-electron chi connectivity index (χ1n) is 7.40. The molecule has 0 amide bonds. The maximum Gasteiger partial charge on any atom is 0.207 e. The van der Waals surface area contributed by atoms with Gasteiger partial charge in [0.15, 0.2) is 0 Å². The molecule has 0 spiro atoms. The van der Waals surface area contributed by atoms with Crippen LogP contribution in [0, 0.1) is 0 Å². The molecule has 5 heteroatoms. The Morgan fingerprint density at radius 1 is 1.04 bits per heavy atom. The smallest absolute Gasteiger partial charge is 0.207 e. The van der Waals surface area contributed by atoms with Crippen LogP contribution < -0.4 is 0 Å². The van der Waals surface area contributed by atoms with Gasteiger partial charge < -0.3 is 4.90 Å². The van der Waals surface area contributed by atoms with Crippen molar-refractivity contribution in [2.45, 2.75) is 16.2 Å². The quantitative estimate of drug-likeness (QED) is 0.721. The number of hydrogen-bond acceptors (Lipinski definition) is 3. The molecule has 1 heterocycles. The van der Waals surface area contributed by atoms with Crippen LogP contribution in [0.15, 0.2) is 58.3 Å². The number of hydrogen-bond donors (Lipinski definition) is 0. The second-order valence-corrected chi connectivity index (χ2v) is 8.17. The molecule has 0 radical (unpaired) electrons. The van der Waals surface area contributed by atoms with Gasteiger partial charge in [0.05, 0.1) is 9.79 Å². The van der Waals surface area contributed by atoms with E-state index in [1.807, 2.05) is 26.2 Å². The molecule has 0 saturated carbocycles. The van der Waals surface area contributed by atoms with E-state index in [2.05, 4.69) is 11.0 Å². The molecule has 0 atom stereocenters. The Balaban J connectivity index is 2.23. The third-order valence-electron chi connectivity index (χ3n) is 3.91. The molecule has 0 bridgehead atoms. The van der Waals surface area contributed by atoms with E-state index in [9.17, 15) is 8.42 Å². The summed E-state index contributed by atoms with van der Waals surface area (Å²) in [6, 6.07) is 12.1. The van der Waals surface area contributed by atoms with Crippen LogP contribution in [0.5, 0.6) is 0 Å². The van der Waals surface area contributed by atoms with E-state index in [1.54, 1.807) is 30.3 Å². The van der Waals surface area contributed by atoms with Gasteiger partial charge in [-0.1, -0.05) is 35.9 Å². The molecule has 0 N–H and O–H groups in total. The van der Waals surface area contributed by atoms with Gasteiger partial charge in [0.1, 0.15) is 0 Å². The van der Waals surface area contributed by atoms with Crippen LogP contribution in [-0.4, -0.2) is 34.0 Å². The van der Waals surface area contributed by atoms with Crippen molar-refractivity contribution in [1.82, 2.24) is 4.90 Å². The third kappa shape index (κ3) is 2.94. The lowest BCUT2D eigenvalue weighted by atomic mass is 9.96. The van der Waals surface area contributed by atoms with E-state index in [-0.39, 0.29) is 0 Å². The Morgan fingerprint density at radius 2 is 1.74 bits per heavy atom. The standard InChI is InChI=1S/C18H18ClNO2S/c1-20(2)11-5-7-14-15-6-3-4-8-17(15)23(21,22)18-10-9-13(19)12-16(14)18/h3-4,6-10,12H,5,11H2,1-2H3/b14-7-. The average molecular weight is 348 g/mol. The predicted molar refractivity (Wildman–Crippen MR) is 93.6 cm³/mol. The first-order valence-corrected chi connectivity index (χ1v) is 9.26. The SMILES string of the molecule is CN(C)CC/C=C1/c2ccccc2S(=O)(=O)c2ccc(Cl)cc21. The second kappa shape index (κ2) is 6.11. The summed E-state index contributed by atoms with van der Waals surface area (Å²) < 4.78 is 25.7. The lowest BCUT2D eigenvalue weighted by Crippen LogP contribution is -2.15. The lowest BCUT2D eigenvalue weighted by molar-refractivity contribution is 0.417. The molecule has 23 heavy (non-hydrogen) atoms. The number of sulfone groups is 1. The Bertz CT molecular complexity index is 886. The maximum absolute atomic E-state index is 12.9. The van der Waals surface area contributed by atoms with Crippen molar-refractivity contribution in [3.8, 4) is 0 Å². The minimum atomic E-state index is -3.50. The number of fused-ring (bicyclic) bond motifs is 2. The van der Waals surface area contributed by atoms with E-state index in [0.29, 0.717) is 20.4 Å². The third-order valence-corrected chi connectivity index (χ3v) is 6.02. The highest BCUT2D eigenvalue weighted by atomic mass is 35.5. The molecular formula is C18H18ClNO2S. The van der Waals surface area contributed by atoms with Crippen LogP contribution in [0.2, 0.25) is 5.02 Å². The Morgan fingerprint density at radius 3 is 2.48 bits per heavy atom. The van der Waals surface area contributed by atoms with Crippen molar-refractivity contribution in [1.29, 1.82) is 0 Å². The zero-order valence-electron chi connectivity index (χ0n) is 13.1. The molecule has 0 saturated heterocycles. The first-order chi connectivity index (χ1) is 10.9. The molecular weight excluding hydrogens is 330 g/mol. The summed E-state index contributed by atoms with van der Waals surface area (Å²) in [6.45, 7) is 0.897. The van der Waals surface area contributed by atoms with Crippen molar-refractivity contribution in [3.05, 3.63) is 64.7 Å². The van der Waals surface area contributed by atoms with Crippen LogP contribution in [0.4, 0.5) is 0 Å². The summed E-state index contributed by atoms with van der Waals surface area (Å²) in [5.41, 5.74) is 2.38. The lowest BCUT2D eigenvalue weighted by Gasteiger charge is -2.23. The number of rotatable bonds is 3. The van der Waals surface area contributed by atoms with Crippen LogP contribution in [0.3, 0.4) is 0 Å². The van der Waals surface area contributed by atoms with Gasteiger partial charge >= 0.3 is 0 Å². The minimum Gasteiger partial charge on any atom is -0.309 e. The first kappa shape index (κ1) is 16.2. The summed E-state index contributed by atoms with van der Waals surface area (Å²) >= 11 is 6.12. The molecule has 0 aliphatic carbocycles. The van der Waals surface area contributed by atoms with Gasteiger partial charge in [-0.25, -0.2) is 8.42 Å². The van der Waals surface area contributed by atoms with Crippen molar-refractivity contribution in [3.63, 3.8) is 0 Å². The highest BCUT2D eigenvalue weighted by molar-refractivity contribution is 7.91. The number of benzene rings is 2. The van der Waals surface area contributed by atoms with Gasteiger partial charge in [-0.15, -0.1) is 0 Å². The predicted octanol–water partition coefficient (Wildman–Crippen LogP) is 3.87. The fourth-order valence-corrected chi connectivity index (χ4v) is 4.66. The molecule has 0 fully saturated rings. The summed E-state index contributed by atoms with van der Waals surface area (Å²) in [4.78, 5) is 2.80. The van der Waals surface area contributed by atoms with Crippen LogP contribution in [0.1, 0.15) is 17.5 Å². The van der Waals surface area contributed by atoms with Gasteiger partial charge in [-0.2, -0.15) is 0 Å². The van der Waals surface area contributed by atoms with Crippen molar-refractivity contribution in [2.24, 2.45) is 0 Å². The molecule has 2 aromatic rings. The zero-order chi connectivity index (χ0) is 16.6. The molecule has 2 aromatic carbocycles. The van der Waals surface area contributed by atoms with Crippen LogP contribution in [-0.2, 0) is 9.84 Å². The Hall–Kier alpha value is -1.62. The van der Waals surface area contributed by atoms with Crippen molar-refractivity contribution < 1.29 is 8.42 Å². The van der Waals surface area contributed by atoms with Gasteiger partial charge in [-0.3, -0.25) is 0 Å². The van der Waals surface area contributed by atoms with Gasteiger partial charge in [0.2, 0.25) is 9.84 Å². The largest absolute Gasteiger partial charge is 0.309 e. The van der Waals surface area contributed by atoms with Gasteiger partial charge in [0.25, 0.3) is 0 Å². The maximum atomic E-state index is 12.9. The fraction of sp³-hybridized carbons (Fsp3) is 0.222. The summed E-state index contributed by atoms with van der Waals surface area (Å²) in [5, 5.41) is 0.539. The van der Waals surface area contributed by atoms with Gasteiger partial charge in [-0.05, 0) is 50.4 Å². The van der Waals surface area contributed by atoms with Crippen molar-refractivity contribution in [2.75, 3.05) is 20.6 Å². The monoisotopic (exact) mass is 347 g/mol. The number of nitrogens with zero attached hydrogens (tertiary/aromatic N) is 1. The van der Waals surface area contributed by atoms with E-state index in [0.717, 1.165) is 24.1 Å². The molecule has 0 aromatic heterocycles. The summed E-state index contributed by atoms with van der Waals surface area (Å²) in [7, 11) is 0.531. The molecule has 120 valence electrons. The van der Waals surface area contributed by atoms with E-state index in [1.165, 1.54) is 0 Å². The molecule has 3 nitrogen and oxygen atoms in total. The highest BCUT2D eigenvalue weighted by Gasteiger charge is 2.31. The normalized spacial score (nSPS) is 17.1.